The van der Waals surface area contributed by atoms with Gasteiger partial charge in [0.1, 0.15) is 11.6 Å². The first-order valence-corrected chi connectivity index (χ1v) is 10.1. The molecule has 0 bridgehead atoms. The molecule has 0 saturated heterocycles. The van der Waals surface area contributed by atoms with Gasteiger partial charge >= 0.3 is 0 Å². The first kappa shape index (κ1) is 19.1. The van der Waals surface area contributed by atoms with E-state index in [4.69, 9.17) is 14.2 Å². The highest BCUT2D eigenvalue weighted by Gasteiger charge is 2.21. The molecule has 5 rings (SSSR count). The average molecular weight is 414 g/mol. The maximum absolute atomic E-state index is 5.75. The third-order valence-corrected chi connectivity index (χ3v) is 5.50. The molecule has 156 valence electrons. The van der Waals surface area contributed by atoms with Gasteiger partial charge in [-0.25, -0.2) is 4.98 Å². The topological polar surface area (TPSA) is 78.4 Å². The van der Waals surface area contributed by atoms with E-state index in [0.29, 0.717) is 18.1 Å². The number of anilines is 1. The van der Waals surface area contributed by atoms with Crippen LogP contribution in [-0.4, -0.2) is 36.0 Å². The maximum atomic E-state index is 5.75. The number of methoxy groups -OCH3 is 2. The lowest BCUT2D eigenvalue weighted by atomic mass is 10.0. The van der Waals surface area contributed by atoms with Crippen LogP contribution in [-0.2, 0) is 0 Å². The van der Waals surface area contributed by atoms with E-state index in [1.54, 1.807) is 20.4 Å². The van der Waals surface area contributed by atoms with E-state index in [0.717, 1.165) is 45.6 Å². The van der Waals surface area contributed by atoms with Crippen LogP contribution in [0.5, 0.6) is 17.2 Å². The van der Waals surface area contributed by atoms with Gasteiger partial charge in [-0.15, -0.1) is 0 Å². The number of nitrogens with one attached hydrogen (secondary N) is 1. The van der Waals surface area contributed by atoms with Gasteiger partial charge < -0.3 is 19.5 Å². The molecule has 0 spiro atoms. The summed E-state index contributed by atoms with van der Waals surface area (Å²) in [6.07, 6.45) is 4.48. The highest BCUT2D eigenvalue weighted by molar-refractivity contribution is 5.95. The van der Waals surface area contributed by atoms with Crippen molar-refractivity contribution in [2.75, 3.05) is 26.1 Å². The molecular formula is C24H22N4O3. The zero-order valence-corrected chi connectivity index (χ0v) is 17.3. The number of pyridine rings is 1. The minimum Gasteiger partial charge on any atom is -0.493 e. The van der Waals surface area contributed by atoms with Gasteiger partial charge in [-0.1, -0.05) is 18.2 Å². The van der Waals surface area contributed by atoms with Crippen LogP contribution in [0.25, 0.3) is 22.0 Å². The van der Waals surface area contributed by atoms with Crippen LogP contribution in [0.15, 0.2) is 60.9 Å². The Morgan fingerprint density at radius 3 is 2.65 bits per heavy atom. The number of benzene rings is 2. The fourth-order valence-electron chi connectivity index (χ4n) is 3.92. The lowest BCUT2D eigenvalue weighted by Crippen LogP contribution is -2.20. The van der Waals surface area contributed by atoms with Crippen LogP contribution in [0.2, 0.25) is 0 Å². The number of aromatic nitrogens is 3. The summed E-state index contributed by atoms with van der Waals surface area (Å²) < 4.78 is 16.6. The highest BCUT2D eigenvalue weighted by atomic mass is 16.5. The maximum Gasteiger partial charge on any atom is 0.162 e. The van der Waals surface area contributed by atoms with Crippen molar-refractivity contribution in [1.82, 2.24) is 15.2 Å². The highest BCUT2D eigenvalue weighted by Crippen LogP contribution is 2.36. The molecule has 1 atom stereocenters. The number of hydrogen-bond donors (Lipinski definition) is 1. The van der Waals surface area contributed by atoms with Crippen molar-refractivity contribution in [3.05, 3.63) is 66.5 Å². The molecule has 2 aromatic carbocycles. The van der Waals surface area contributed by atoms with Crippen LogP contribution in [0.1, 0.15) is 18.0 Å². The summed E-state index contributed by atoms with van der Waals surface area (Å²) in [5.74, 6) is 3.02. The quantitative estimate of drug-likeness (QED) is 0.509. The summed E-state index contributed by atoms with van der Waals surface area (Å²) in [7, 11) is 3.22. The molecule has 1 N–H and O–H groups in total. The molecule has 0 radical (unpaired) electrons. The number of hydrogen-bond acceptors (Lipinski definition) is 7. The lowest BCUT2D eigenvalue weighted by molar-refractivity contribution is 0.274. The van der Waals surface area contributed by atoms with E-state index in [-0.39, 0.29) is 6.04 Å². The SMILES string of the molecule is COc1cc2nncc(-c3ccc(NC4CCOc5ccccc54)nc3)c2cc1OC. The third kappa shape index (κ3) is 3.59. The standard InChI is InChI=1S/C24H22N4O3/c1-29-22-11-17-18(14-26-28-20(17)12-23(22)30-2)15-7-8-24(25-13-15)27-19-9-10-31-21-6-4-3-5-16(19)21/h3-8,11-14,19H,9-10H2,1-2H3,(H,25,27). The van der Waals surface area contributed by atoms with Crippen molar-refractivity contribution in [1.29, 1.82) is 0 Å². The smallest absolute Gasteiger partial charge is 0.162 e. The molecule has 31 heavy (non-hydrogen) atoms. The summed E-state index contributed by atoms with van der Waals surface area (Å²) in [6, 6.07) is 16.1. The van der Waals surface area contributed by atoms with Gasteiger partial charge in [0.05, 0.1) is 38.6 Å². The van der Waals surface area contributed by atoms with Gasteiger partial charge in [0.2, 0.25) is 0 Å². The molecule has 7 nitrogen and oxygen atoms in total. The molecule has 0 saturated carbocycles. The van der Waals surface area contributed by atoms with E-state index < -0.39 is 0 Å². The minimum atomic E-state index is 0.170. The Hall–Kier alpha value is -3.87. The van der Waals surface area contributed by atoms with E-state index in [1.807, 2.05) is 48.7 Å². The van der Waals surface area contributed by atoms with Crippen molar-refractivity contribution in [3.8, 4) is 28.4 Å². The average Bonchev–Trinajstić information content (AvgIpc) is 2.83. The summed E-state index contributed by atoms with van der Waals surface area (Å²) in [6.45, 7) is 0.687. The molecule has 4 aromatic rings. The summed E-state index contributed by atoms with van der Waals surface area (Å²) in [4.78, 5) is 4.65. The summed E-state index contributed by atoms with van der Waals surface area (Å²) in [5, 5.41) is 12.9. The van der Waals surface area contributed by atoms with Crippen molar-refractivity contribution in [2.45, 2.75) is 12.5 Å². The van der Waals surface area contributed by atoms with Gasteiger partial charge in [0.25, 0.3) is 0 Å². The molecule has 1 unspecified atom stereocenters. The largest absolute Gasteiger partial charge is 0.493 e. The van der Waals surface area contributed by atoms with Gasteiger partial charge in [-0.3, -0.25) is 0 Å². The number of ether oxygens (including phenoxy) is 3. The Labute approximate surface area is 180 Å². The van der Waals surface area contributed by atoms with Crippen LogP contribution in [0.4, 0.5) is 5.82 Å². The second kappa shape index (κ2) is 8.10. The molecule has 7 heteroatoms. The van der Waals surface area contributed by atoms with Crippen molar-refractivity contribution < 1.29 is 14.2 Å². The summed E-state index contributed by atoms with van der Waals surface area (Å²) in [5.41, 5.74) is 3.77. The predicted molar refractivity (Wildman–Crippen MR) is 119 cm³/mol. The van der Waals surface area contributed by atoms with Crippen LogP contribution >= 0.6 is 0 Å². The Morgan fingerprint density at radius 1 is 1.00 bits per heavy atom. The summed E-state index contributed by atoms with van der Waals surface area (Å²) >= 11 is 0. The zero-order chi connectivity index (χ0) is 21.2. The number of fused-ring (bicyclic) bond motifs is 2. The van der Waals surface area contributed by atoms with E-state index in [9.17, 15) is 0 Å². The van der Waals surface area contributed by atoms with Gasteiger partial charge in [0.15, 0.2) is 11.5 Å². The van der Waals surface area contributed by atoms with Crippen molar-refractivity contribution >= 4 is 16.7 Å². The Kier molecular flexibility index (Phi) is 5.00. The fourth-order valence-corrected chi connectivity index (χ4v) is 3.92. The molecule has 2 aromatic heterocycles. The van der Waals surface area contributed by atoms with E-state index in [2.05, 4.69) is 26.6 Å². The molecule has 3 heterocycles. The van der Waals surface area contributed by atoms with Gasteiger partial charge in [-0.2, -0.15) is 10.2 Å². The monoisotopic (exact) mass is 414 g/mol. The molecule has 1 aliphatic heterocycles. The fraction of sp³-hybridized carbons (Fsp3) is 0.208. The Bertz CT molecular complexity index is 1230. The Balaban J connectivity index is 1.45. The molecular weight excluding hydrogens is 392 g/mol. The third-order valence-electron chi connectivity index (χ3n) is 5.50. The molecule has 1 aliphatic rings. The lowest BCUT2D eigenvalue weighted by Gasteiger charge is -2.27. The molecule has 0 amide bonds. The first-order valence-electron chi connectivity index (χ1n) is 10.1. The first-order chi connectivity index (χ1) is 15.3. The van der Waals surface area contributed by atoms with Crippen LogP contribution < -0.4 is 19.5 Å². The van der Waals surface area contributed by atoms with Crippen LogP contribution in [0, 0.1) is 0 Å². The predicted octanol–water partition coefficient (Wildman–Crippen LogP) is 4.64. The van der Waals surface area contributed by atoms with Crippen molar-refractivity contribution in [2.24, 2.45) is 0 Å². The van der Waals surface area contributed by atoms with E-state index >= 15 is 0 Å². The van der Waals surface area contributed by atoms with E-state index in [1.165, 1.54) is 0 Å². The number of nitrogens with zero attached hydrogens (tertiary/aromatic N) is 3. The second-order valence-corrected chi connectivity index (χ2v) is 7.29. The second-order valence-electron chi connectivity index (χ2n) is 7.29. The van der Waals surface area contributed by atoms with Crippen molar-refractivity contribution in [3.63, 3.8) is 0 Å². The Morgan fingerprint density at radius 2 is 1.84 bits per heavy atom. The van der Waals surface area contributed by atoms with Gasteiger partial charge in [0, 0.05) is 40.8 Å². The zero-order valence-electron chi connectivity index (χ0n) is 17.3. The van der Waals surface area contributed by atoms with Crippen LogP contribution in [0.3, 0.4) is 0 Å². The normalized spacial score (nSPS) is 15.1. The van der Waals surface area contributed by atoms with Gasteiger partial charge in [-0.05, 0) is 24.3 Å². The minimum absolute atomic E-state index is 0.170. The molecule has 0 aliphatic carbocycles. The number of para-hydroxylation sites is 1. The molecule has 0 fully saturated rings. The number of rotatable bonds is 5.